The average molecular weight is 1030 g/mol. The highest BCUT2D eigenvalue weighted by Crippen LogP contribution is 2.30. The molecule has 18 nitrogen and oxygen atoms in total. The summed E-state index contributed by atoms with van der Waals surface area (Å²) in [7, 11) is 0. The van der Waals surface area contributed by atoms with Crippen molar-refractivity contribution in [2.75, 3.05) is 51.4 Å². The molecule has 0 saturated carbocycles. The Morgan fingerprint density at radius 3 is 1.53 bits per heavy atom. The second kappa shape index (κ2) is 28.7. The molecule has 0 N–H and O–H groups in total. The lowest BCUT2D eigenvalue weighted by Gasteiger charge is -2.15. The fourth-order valence-electron chi connectivity index (χ4n) is 6.25. The van der Waals surface area contributed by atoms with Crippen LogP contribution in [0.3, 0.4) is 0 Å². The Balaban J connectivity index is 1.17. The number of carbonyl (C=O) groups is 6. The van der Waals surface area contributed by atoms with Gasteiger partial charge in [-0.3, -0.25) is 0 Å². The van der Waals surface area contributed by atoms with E-state index in [1.165, 1.54) is 41.8 Å². The third-order valence-electron chi connectivity index (χ3n) is 9.99. The van der Waals surface area contributed by atoms with Crippen LogP contribution in [-0.2, 0) is 44.6 Å². The molecule has 19 heteroatoms. The molecule has 5 aromatic carbocycles. The van der Waals surface area contributed by atoms with E-state index in [9.17, 15) is 28.8 Å². The van der Waals surface area contributed by atoms with Crippen LogP contribution in [0.1, 0.15) is 61.5 Å². The number of rotatable bonds is 29. The second-order valence-electron chi connectivity index (χ2n) is 15.3. The summed E-state index contributed by atoms with van der Waals surface area (Å²) in [5, 5.41) is 5.73. The molecule has 6 rings (SSSR count). The van der Waals surface area contributed by atoms with Gasteiger partial charge in [-0.1, -0.05) is 54.4 Å². The van der Waals surface area contributed by atoms with E-state index in [1.807, 2.05) is 18.2 Å². The van der Waals surface area contributed by atoms with Gasteiger partial charge in [-0.05, 0) is 103 Å². The summed E-state index contributed by atoms with van der Waals surface area (Å²) >= 11 is 1.22. The summed E-state index contributed by atoms with van der Waals surface area (Å²) in [5.74, 6) is -2.04. The van der Waals surface area contributed by atoms with E-state index in [4.69, 9.17) is 42.7 Å². The van der Waals surface area contributed by atoms with Gasteiger partial charge in [-0.15, -0.1) is 5.10 Å². The summed E-state index contributed by atoms with van der Waals surface area (Å²) in [5.41, 5.74) is 2.26. The number of hydrazone groups is 1. The minimum absolute atomic E-state index is 0.0188. The van der Waals surface area contributed by atoms with Gasteiger partial charge in [0.25, 0.3) is 0 Å². The van der Waals surface area contributed by atoms with E-state index in [2.05, 4.69) is 29.8 Å². The highest BCUT2D eigenvalue weighted by molar-refractivity contribution is 7.22. The molecular formula is C55H51N3O15S. The Hall–Kier alpha value is -9.10. The van der Waals surface area contributed by atoms with Crippen LogP contribution in [0.5, 0.6) is 23.0 Å². The van der Waals surface area contributed by atoms with Crippen LogP contribution in [0.4, 0.5) is 5.13 Å². The van der Waals surface area contributed by atoms with Crippen molar-refractivity contribution < 1.29 is 71.5 Å². The Kier molecular flexibility index (Phi) is 21.0. The number of nitrogens with zero attached hydrogens (tertiary/aromatic N) is 3. The van der Waals surface area contributed by atoms with Gasteiger partial charge >= 0.3 is 35.8 Å². The molecule has 6 aromatic rings. The van der Waals surface area contributed by atoms with Gasteiger partial charge in [0.2, 0.25) is 5.13 Å². The van der Waals surface area contributed by atoms with Crippen LogP contribution in [0.15, 0.2) is 158 Å². The van der Waals surface area contributed by atoms with Gasteiger partial charge in [-0.2, -0.15) is 0 Å². The molecule has 0 aliphatic carbocycles. The quantitative estimate of drug-likeness (QED) is 0.00815. The molecule has 0 aliphatic heterocycles. The summed E-state index contributed by atoms with van der Waals surface area (Å²) in [6, 6.07) is 31.2. The molecule has 0 aliphatic rings. The molecule has 0 amide bonds. The van der Waals surface area contributed by atoms with Crippen molar-refractivity contribution in [3.8, 4) is 23.0 Å². The lowest BCUT2D eigenvalue weighted by molar-refractivity contribution is -0.138. The van der Waals surface area contributed by atoms with E-state index in [1.54, 1.807) is 72.8 Å². The zero-order valence-corrected chi connectivity index (χ0v) is 40.9. The van der Waals surface area contributed by atoms with Crippen molar-refractivity contribution in [2.45, 2.75) is 25.7 Å². The predicted molar refractivity (Wildman–Crippen MR) is 274 cm³/mol. The number of aromatic nitrogens is 1. The van der Waals surface area contributed by atoms with Gasteiger partial charge in [-0.25, -0.2) is 33.8 Å². The average Bonchev–Trinajstić information content (AvgIpc) is 3.87. The van der Waals surface area contributed by atoms with E-state index in [0.717, 1.165) is 28.1 Å². The molecule has 0 atom stereocenters. The second-order valence-corrected chi connectivity index (χ2v) is 16.3. The zero-order valence-electron chi connectivity index (χ0n) is 40.1. The van der Waals surface area contributed by atoms with Crippen molar-refractivity contribution in [1.29, 1.82) is 0 Å². The number of ether oxygens (including phenoxy) is 8. The van der Waals surface area contributed by atoms with Crippen molar-refractivity contribution >= 4 is 68.7 Å². The first kappa shape index (κ1) is 54.2. The van der Waals surface area contributed by atoms with Crippen LogP contribution in [0.25, 0.3) is 10.2 Å². The third-order valence-corrected chi connectivity index (χ3v) is 11.0. The lowest BCUT2D eigenvalue weighted by atomic mass is 10.1. The number of para-hydroxylation sites is 1. The number of fused-ring (bicyclic) bond motifs is 1. The van der Waals surface area contributed by atoms with Gasteiger partial charge in [0.05, 0.1) is 79.4 Å². The van der Waals surface area contributed by atoms with Gasteiger partial charge < -0.3 is 42.7 Å². The normalized spacial score (nSPS) is 10.6. The molecule has 382 valence electrons. The van der Waals surface area contributed by atoms with Crippen LogP contribution in [0.2, 0.25) is 0 Å². The molecule has 0 spiro atoms. The fraction of sp³-hybridized carbons (Fsp3) is 0.200. The van der Waals surface area contributed by atoms with E-state index >= 15 is 0 Å². The number of hydrogen-bond donors (Lipinski definition) is 0. The lowest BCUT2D eigenvalue weighted by Crippen LogP contribution is -2.22. The number of carbonyl (C=O) groups excluding carboxylic acids is 6. The van der Waals surface area contributed by atoms with Crippen molar-refractivity contribution in [1.82, 2.24) is 4.98 Å². The maximum atomic E-state index is 13.7. The van der Waals surface area contributed by atoms with Gasteiger partial charge in [0.1, 0.15) is 23.0 Å². The molecule has 0 saturated heterocycles. The summed E-state index contributed by atoms with van der Waals surface area (Å²) < 4.78 is 44.3. The first-order valence-electron chi connectivity index (χ1n) is 23.0. The number of anilines is 1. The highest BCUT2D eigenvalue weighted by Gasteiger charge is 2.20. The SMILES string of the molecule is C=CC(=O)OCCCOc1ccc(C(=O)OCCc2ccc(OC(=O)c3ccc(OCCCOC(=O)C=C)cc3)c(/C=N/N(OC(=O)c3ccc(OCCCOC(=O)C=C)cc3)c3nc4ccccc4s3)c2)cc1. The Bertz CT molecular complexity index is 2900. The monoisotopic (exact) mass is 1030 g/mol. The van der Waals surface area contributed by atoms with Gasteiger partial charge in [0, 0.05) is 49.5 Å². The maximum absolute atomic E-state index is 13.7. The predicted octanol–water partition coefficient (Wildman–Crippen LogP) is 9.02. The highest BCUT2D eigenvalue weighted by atomic mass is 32.1. The first-order valence-corrected chi connectivity index (χ1v) is 23.8. The summed E-state index contributed by atoms with van der Waals surface area (Å²) in [6.07, 6.45) is 6.19. The van der Waals surface area contributed by atoms with Crippen LogP contribution in [0, 0.1) is 0 Å². The zero-order chi connectivity index (χ0) is 52.5. The minimum atomic E-state index is -0.777. The van der Waals surface area contributed by atoms with Crippen molar-refractivity contribution in [2.24, 2.45) is 5.10 Å². The largest absolute Gasteiger partial charge is 0.493 e. The van der Waals surface area contributed by atoms with E-state index in [0.29, 0.717) is 59.8 Å². The van der Waals surface area contributed by atoms with E-state index in [-0.39, 0.29) is 73.6 Å². The molecule has 1 aromatic heterocycles. The molecule has 1 heterocycles. The molecule has 0 unspecified atom stereocenters. The molecule has 0 bridgehead atoms. The Labute approximate surface area is 429 Å². The Morgan fingerprint density at radius 2 is 1.03 bits per heavy atom. The topological polar surface area (TPSA) is 214 Å². The van der Waals surface area contributed by atoms with Crippen LogP contribution in [-0.4, -0.2) is 93.3 Å². The maximum Gasteiger partial charge on any atom is 0.365 e. The number of benzene rings is 5. The molecule has 0 radical (unpaired) electrons. The standard InChI is InChI=1S/C55H51N3O15S/c1-4-49(59)68-32-9-29-65-43-21-15-39(16-22-43)52(62)71-35-28-38-14-27-47(72-53(63)40-17-23-44(24-18-40)66-30-10-33-69-50(60)5-2)42(36-38)37-56-58(55-57-46-12-7-8-13-48(46)74-55)73-54(64)41-19-25-45(26-20-41)67-31-11-34-70-51(61)6-3/h4-8,12-27,36-37H,1-3,9-11,28-35H2/b56-37+. The molecule has 0 fully saturated rings. The third kappa shape index (κ3) is 17.3. The minimum Gasteiger partial charge on any atom is -0.493 e. The number of esters is 5. The summed E-state index contributed by atoms with van der Waals surface area (Å²) in [6.45, 7) is 11.4. The van der Waals surface area contributed by atoms with Gasteiger partial charge in [0.15, 0.2) is 0 Å². The molecule has 74 heavy (non-hydrogen) atoms. The first-order chi connectivity index (χ1) is 36.0. The van der Waals surface area contributed by atoms with E-state index < -0.39 is 35.8 Å². The molecular weight excluding hydrogens is 975 g/mol. The number of hydrogen-bond acceptors (Lipinski definition) is 19. The van der Waals surface area contributed by atoms with Crippen molar-refractivity contribution in [3.05, 3.63) is 181 Å². The summed E-state index contributed by atoms with van der Waals surface area (Å²) in [4.78, 5) is 84.6. The number of thiazole rings is 1. The van der Waals surface area contributed by atoms with Crippen molar-refractivity contribution in [3.63, 3.8) is 0 Å². The van der Waals surface area contributed by atoms with Crippen LogP contribution < -0.4 is 24.1 Å². The fourth-order valence-corrected chi connectivity index (χ4v) is 7.12. The van der Waals surface area contributed by atoms with Crippen LogP contribution >= 0.6 is 11.3 Å². The smallest absolute Gasteiger partial charge is 0.365 e. The Morgan fingerprint density at radius 1 is 0.541 bits per heavy atom.